The van der Waals surface area contributed by atoms with Gasteiger partial charge in [-0.2, -0.15) is 0 Å². The Morgan fingerprint density at radius 3 is 1.78 bits per heavy atom. The van der Waals surface area contributed by atoms with E-state index in [-0.39, 0.29) is 28.0 Å². The van der Waals surface area contributed by atoms with Crippen molar-refractivity contribution in [3.63, 3.8) is 0 Å². The topological polar surface area (TPSA) is 39.3 Å². The molecule has 3 rings (SSSR count). The molecule has 0 atom stereocenters. The molecule has 0 bridgehead atoms. The summed E-state index contributed by atoms with van der Waals surface area (Å²) >= 11 is 6.06. The Kier molecular flexibility index (Phi) is 7.01. The monoisotopic (exact) mass is 462 g/mol. The number of piperidine rings is 2. The molecule has 0 saturated carbocycles. The molecule has 0 radical (unpaired) electrons. The largest absolute Gasteiger partial charge is 0.360 e. The highest BCUT2D eigenvalue weighted by Crippen LogP contribution is 2.33. The van der Waals surface area contributed by atoms with Crippen LogP contribution in [0, 0.1) is 5.82 Å². The predicted octanol–water partition coefficient (Wildman–Crippen LogP) is 5.12. The maximum absolute atomic E-state index is 13.5. The van der Waals surface area contributed by atoms with Gasteiger partial charge in [0.15, 0.2) is 5.11 Å². The van der Waals surface area contributed by atoms with E-state index in [1.54, 1.807) is 0 Å². The average molecular weight is 463 g/mol. The second kappa shape index (κ2) is 8.84. The molecule has 6 heteroatoms. The lowest BCUT2D eigenvalue weighted by Crippen LogP contribution is -2.65. The van der Waals surface area contributed by atoms with Gasteiger partial charge in [-0.05, 0) is 111 Å². The fraction of sp³-hybridized carbons (Fsp3) is 0.731. The van der Waals surface area contributed by atoms with Crippen molar-refractivity contribution in [1.29, 1.82) is 0 Å². The molecular formula is C26H43FN4S. The first-order chi connectivity index (χ1) is 14.5. The molecule has 2 fully saturated rings. The van der Waals surface area contributed by atoms with Crippen molar-refractivity contribution in [3.05, 3.63) is 35.6 Å². The van der Waals surface area contributed by atoms with Gasteiger partial charge in [-0.15, -0.1) is 0 Å². The first-order valence-corrected chi connectivity index (χ1v) is 12.4. The van der Waals surface area contributed by atoms with Gasteiger partial charge in [0.2, 0.25) is 0 Å². The highest BCUT2D eigenvalue weighted by molar-refractivity contribution is 7.80. The van der Waals surface area contributed by atoms with Crippen molar-refractivity contribution in [2.24, 2.45) is 0 Å². The summed E-state index contributed by atoms with van der Waals surface area (Å²) in [7, 11) is 0. The summed E-state index contributed by atoms with van der Waals surface area (Å²) < 4.78 is 13.5. The Hall–Kier alpha value is -1.24. The van der Waals surface area contributed by atoms with E-state index in [1.807, 2.05) is 12.1 Å². The van der Waals surface area contributed by atoms with Gasteiger partial charge in [-0.1, -0.05) is 12.1 Å². The molecule has 4 nitrogen and oxygen atoms in total. The van der Waals surface area contributed by atoms with Gasteiger partial charge in [0.25, 0.3) is 0 Å². The van der Waals surface area contributed by atoms with Gasteiger partial charge >= 0.3 is 0 Å². The van der Waals surface area contributed by atoms with Gasteiger partial charge in [0.1, 0.15) is 5.82 Å². The molecule has 32 heavy (non-hydrogen) atoms. The molecule has 3 N–H and O–H groups in total. The van der Waals surface area contributed by atoms with E-state index in [9.17, 15) is 4.39 Å². The maximum Gasteiger partial charge on any atom is 0.169 e. The van der Waals surface area contributed by atoms with E-state index in [0.717, 1.165) is 36.4 Å². The highest BCUT2D eigenvalue weighted by atomic mass is 32.1. The standard InChI is InChI=1S/C26H43FN4S/c1-23(2)13-20(14-24(3,4)29-23)28-22(32)31(17-18-9-11-19(27)12-10-18)21-15-25(5,6)30-26(7,8)16-21/h9-12,20-21,29-30H,13-17H2,1-8H3,(H,28,32). The van der Waals surface area contributed by atoms with E-state index in [0.29, 0.717) is 18.6 Å². The minimum atomic E-state index is -0.204. The molecule has 2 saturated heterocycles. The molecule has 0 aliphatic carbocycles. The quantitative estimate of drug-likeness (QED) is 0.542. The molecule has 0 unspecified atom stereocenters. The van der Waals surface area contributed by atoms with Crippen molar-refractivity contribution in [2.45, 2.75) is 122 Å². The van der Waals surface area contributed by atoms with E-state index in [4.69, 9.17) is 12.2 Å². The number of benzene rings is 1. The van der Waals surface area contributed by atoms with Crippen LogP contribution in [0.1, 0.15) is 86.6 Å². The Morgan fingerprint density at radius 1 is 0.875 bits per heavy atom. The fourth-order valence-corrected chi connectivity index (χ4v) is 6.70. The number of hydrogen-bond acceptors (Lipinski definition) is 3. The van der Waals surface area contributed by atoms with Crippen LogP contribution in [0.2, 0.25) is 0 Å². The van der Waals surface area contributed by atoms with Crippen LogP contribution in [0.4, 0.5) is 4.39 Å². The van der Waals surface area contributed by atoms with E-state index >= 15 is 0 Å². The van der Waals surface area contributed by atoms with Gasteiger partial charge in [0.05, 0.1) is 0 Å². The van der Waals surface area contributed by atoms with Crippen LogP contribution in [0.25, 0.3) is 0 Å². The maximum atomic E-state index is 13.5. The van der Waals surface area contributed by atoms with Gasteiger partial charge < -0.3 is 20.9 Å². The zero-order chi connectivity index (χ0) is 23.9. The summed E-state index contributed by atoms with van der Waals surface area (Å²) in [6.07, 6.45) is 4.04. The Bertz CT molecular complexity index is 784. The number of nitrogens with one attached hydrogen (secondary N) is 3. The van der Waals surface area contributed by atoms with Gasteiger partial charge in [-0.3, -0.25) is 0 Å². The van der Waals surface area contributed by atoms with Crippen molar-refractivity contribution >= 4 is 17.3 Å². The van der Waals surface area contributed by atoms with Crippen molar-refractivity contribution < 1.29 is 4.39 Å². The van der Waals surface area contributed by atoms with E-state index < -0.39 is 0 Å². The van der Waals surface area contributed by atoms with Crippen LogP contribution in [0.15, 0.2) is 24.3 Å². The Morgan fingerprint density at radius 2 is 1.31 bits per heavy atom. The summed E-state index contributed by atoms with van der Waals surface area (Å²) in [5.74, 6) is -0.204. The first-order valence-electron chi connectivity index (χ1n) is 12.0. The molecule has 0 aromatic heterocycles. The SMILES string of the molecule is CC1(C)CC(NC(=S)N(Cc2ccc(F)cc2)C2CC(C)(C)NC(C)(C)C2)CC(C)(C)N1. The van der Waals surface area contributed by atoms with Crippen molar-refractivity contribution in [3.8, 4) is 0 Å². The molecule has 1 aromatic rings. The first kappa shape index (κ1) is 25.4. The summed E-state index contributed by atoms with van der Waals surface area (Å²) in [5.41, 5.74) is 1.21. The molecule has 1 aromatic carbocycles. The third-order valence-corrected chi connectivity index (χ3v) is 7.01. The second-order valence-corrected chi connectivity index (χ2v) is 13.0. The number of halogens is 1. The highest BCUT2D eigenvalue weighted by Gasteiger charge is 2.42. The lowest BCUT2D eigenvalue weighted by molar-refractivity contribution is 0.0972. The number of thiocarbonyl (C=S) groups is 1. The molecule has 2 heterocycles. The number of rotatable bonds is 4. The Labute approximate surface area is 200 Å². The van der Waals surface area contributed by atoms with Crippen LogP contribution < -0.4 is 16.0 Å². The lowest BCUT2D eigenvalue weighted by Gasteiger charge is -2.51. The minimum absolute atomic E-state index is 0.0157. The van der Waals surface area contributed by atoms with E-state index in [1.165, 1.54) is 12.1 Å². The summed E-state index contributed by atoms with van der Waals surface area (Å²) in [6, 6.07) is 7.44. The summed E-state index contributed by atoms with van der Waals surface area (Å²) in [5, 5.41) is 12.1. The predicted molar refractivity (Wildman–Crippen MR) is 136 cm³/mol. The molecule has 0 amide bonds. The fourth-order valence-electron chi connectivity index (χ4n) is 6.32. The van der Waals surface area contributed by atoms with Gasteiger partial charge in [-0.25, -0.2) is 4.39 Å². The van der Waals surface area contributed by atoms with Crippen molar-refractivity contribution in [1.82, 2.24) is 20.9 Å². The van der Waals surface area contributed by atoms with E-state index in [2.05, 4.69) is 76.2 Å². The third-order valence-electron chi connectivity index (χ3n) is 6.65. The zero-order valence-corrected chi connectivity index (χ0v) is 22.0. The molecule has 2 aliphatic rings. The second-order valence-electron chi connectivity index (χ2n) is 12.7. The molecular weight excluding hydrogens is 419 g/mol. The Balaban J connectivity index is 1.84. The van der Waals surface area contributed by atoms with Crippen LogP contribution >= 0.6 is 12.2 Å². The number of nitrogens with zero attached hydrogens (tertiary/aromatic N) is 1. The zero-order valence-electron chi connectivity index (χ0n) is 21.2. The molecule has 2 aliphatic heterocycles. The van der Waals surface area contributed by atoms with Gasteiger partial charge in [0, 0.05) is 40.8 Å². The average Bonchev–Trinajstić information content (AvgIpc) is 2.55. The minimum Gasteiger partial charge on any atom is -0.360 e. The van der Waals surface area contributed by atoms with Crippen molar-refractivity contribution in [2.75, 3.05) is 0 Å². The lowest BCUT2D eigenvalue weighted by atomic mass is 9.78. The molecule has 180 valence electrons. The molecule has 0 spiro atoms. The smallest absolute Gasteiger partial charge is 0.169 e. The summed E-state index contributed by atoms with van der Waals surface area (Å²) in [4.78, 5) is 2.36. The van der Waals surface area contributed by atoms with Crippen LogP contribution in [0.3, 0.4) is 0 Å². The normalized spacial score (nSPS) is 24.7. The number of hydrogen-bond donors (Lipinski definition) is 3. The van der Waals surface area contributed by atoms with Crippen LogP contribution in [-0.4, -0.2) is 44.3 Å². The van der Waals surface area contributed by atoms with Crippen LogP contribution in [-0.2, 0) is 6.54 Å². The summed E-state index contributed by atoms with van der Waals surface area (Å²) in [6.45, 7) is 18.8. The van der Waals surface area contributed by atoms with Crippen LogP contribution in [0.5, 0.6) is 0 Å². The third kappa shape index (κ3) is 6.88.